The normalized spacial score (nSPS) is 16.7. The van der Waals surface area contributed by atoms with Crippen molar-refractivity contribution in [2.45, 2.75) is 38.8 Å². The van der Waals surface area contributed by atoms with Gasteiger partial charge in [0.2, 0.25) is 5.91 Å². The molecule has 1 aromatic rings. The van der Waals surface area contributed by atoms with Crippen LogP contribution in [0.5, 0.6) is 0 Å². The predicted octanol–water partition coefficient (Wildman–Crippen LogP) is 1.70. The number of carboxylic acid groups (broad SMARTS) is 1. The van der Waals surface area contributed by atoms with Gasteiger partial charge in [-0.1, -0.05) is 18.2 Å². The molecule has 1 aliphatic rings. The first-order valence-corrected chi connectivity index (χ1v) is 8.93. The van der Waals surface area contributed by atoms with E-state index in [1.165, 1.54) is 4.90 Å². The third-order valence-electron chi connectivity index (χ3n) is 4.04. The van der Waals surface area contributed by atoms with E-state index in [4.69, 9.17) is 9.84 Å². The van der Waals surface area contributed by atoms with Crippen LogP contribution >= 0.6 is 0 Å². The molecule has 148 valence electrons. The largest absolute Gasteiger partial charge is 0.480 e. The van der Waals surface area contributed by atoms with Crippen LogP contribution in [0, 0.1) is 0 Å². The number of nitrogens with one attached hydrogen (secondary N) is 1. The van der Waals surface area contributed by atoms with Crippen LogP contribution in [0.15, 0.2) is 30.3 Å². The summed E-state index contributed by atoms with van der Waals surface area (Å²) in [6.07, 6.45) is 0.133. The predicted molar refractivity (Wildman–Crippen MR) is 101 cm³/mol. The molecule has 0 unspecified atom stereocenters. The molecule has 2 N–H and O–H groups in total. The van der Waals surface area contributed by atoms with Crippen molar-refractivity contribution in [1.29, 1.82) is 0 Å². The summed E-state index contributed by atoms with van der Waals surface area (Å²) in [4.78, 5) is 38.8. The minimum absolute atomic E-state index is 0.0323. The lowest BCUT2D eigenvalue weighted by atomic mass is 10.2. The van der Waals surface area contributed by atoms with E-state index in [9.17, 15) is 14.4 Å². The second kappa shape index (κ2) is 8.75. The summed E-state index contributed by atoms with van der Waals surface area (Å²) < 4.78 is 5.23. The summed E-state index contributed by atoms with van der Waals surface area (Å²) in [6.45, 7) is 5.97. The molecule has 0 spiro atoms. The van der Waals surface area contributed by atoms with Crippen LogP contribution in [0.3, 0.4) is 0 Å². The van der Waals surface area contributed by atoms with Gasteiger partial charge in [-0.25, -0.2) is 4.79 Å². The molecule has 1 aliphatic heterocycles. The van der Waals surface area contributed by atoms with Gasteiger partial charge in [0.1, 0.15) is 12.1 Å². The van der Waals surface area contributed by atoms with Crippen molar-refractivity contribution >= 4 is 23.7 Å². The lowest BCUT2D eigenvalue weighted by Crippen LogP contribution is -2.44. The number of likely N-dealkylation sites (tertiary alicyclic amines) is 1. The summed E-state index contributed by atoms with van der Waals surface area (Å²) in [5.41, 5.74) is 0.0986. The third-order valence-corrected chi connectivity index (χ3v) is 4.04. The number of para-hydroxylation sites is 1. The van der Waals surface area contributed by atoms with Crippen molar-refractivity contribution < 1.29 is 24.2 Å². The number of rotatable bonds is 6. The highest BCUT2D eigenvalue weighted by molar-refractivity contribution is 5.84. The fourth-order valence-corrected chi connectivity index (χ4v) is 2.88. The summed E-state index contributed by atoms with van der Waals surface area (Å²) in [7, 11) is 0. The standard InChI is InChI=1S/C19H27N3O5/c1-19(2,3)27-18(26)20-14-9-10-21(11-14)16(23)12-22(13-17(24)25)15-7-5-4-6-8-15/h4-8,14H,9-13H2,1-3H3,(H,20,26)(H,24,25)/t14-/m0/s1. The van der Waals surface area contributed by atoms with Gasteiger partial charge in [-0.3, -0.25) is 9.59 Å². The van der Waals surface area contributed by atoms with Gasteiger partial charge in [0.15, 0.2) is 0 Å². The Morgan fingerprint density at radius 3 is 2.48 bits per heavy atom. The molecule has 8 nitrogen and oxygen atoms in total. The molecule has 1 fully saturated rings. The van der Waals surface area contributed by atoms with Gasteiger partial charge in [-0.15, -0.1) is 0 Å². The Bertz CT molecular complexity index is 672. The van der Waals surface area contributed by atoms with E-state index in [0.29, 0.717) is 25.2 Å². The third kappa shape index (κ3) is 6.80. The Morgan fingerprint density at radius 2 is 1.89 bits per heavy atom. The zero-order valence-corrected chi connectivity index (χ0v) is 16.0. The summed E-state index contributed by atoms with van der Waals surface area (Å²) in [5.74, 6) is -1.17. The Labute approximate surface area is 159 Å². The second-order valence-electron chi connectivity index (χ2n) is 7.56. The molecule has 1 saturated heterocycles. The summed E-state index contributed by atoms with van der Waals surface area (Å²) >= 11 is 0. The first-order valence-electron chi connectivity index (χ1n) is 8.93. The molecule has 0 aromatic heterocycles. The topological polar surface area (TPSA) is 99.2 Å². The number of amides is 2. The summed E-state index contributed by atoms with van der Waals surface area (Å²) in [5, 5.41) is 11.9. The first-order chi connectivity index (χ1) is 12.6. The molecule has 0 aliphatic carbocycles. The smallest absolute Gasteiger partial charge is 0.407 e. The molecule has 8 heteroatoms. The Morgan fingerprint density at radius 1 is 1.22 bits per heavy atom. The maximum atomic E-state index is 12.6. The molecular weight excluding hydrogens is 350 g/mol. The number of hydrogen-bond donors (Lipinski definition) is 2. The number of ether oxygens (including phenoxy) is 1. The molecule has 1 aromatic carbocycles. The first kappa shape index (κ1) is 20.5. The quantitative estimate of drug-likeness (QED) is 0.783. The van der Waals surface area contributed by atoms with E-state index >= 15 is 0 Å². The van der Waals surface area contributed by atoms with Crippen molar-refractivity contribution in [2.75, 3.05) is 31.1 Å². The highest BCUT2D eigenvalue weighted by Gasteiger charge is 2.29. The Balaban J connectivity index is 1.91. The molecule has 0 saturated carbocycles. The number of nitrogens with zero attached hydrogens (tertiary/aromatic N) is 2. The number of hydrogen-bond acceptors (Lipinski definition) is 5. The number of carbonyl (C=O) groups is 3. The SMILES string of the molecule is CC(C)(C)OC(=O)N[C@H]1CCN(C(=O)CN(CC(=O)O)c2ccccc2)C1. The van der Waals surface area contributed by atoms with E-state index in [0.717, 1.165) is 0 Å². The van der Waals surface area contributed by atoms with Gasteiger partial charge in [-0.2, -0.15) is 0 Å². The molecule has 1 heterocycles. The van der Waals surface area contributed by atoms with Crippen LogP contribution in [0.25, 0.3) is 0 Å². The van der Waals surface area contributed by atoms with Gasteiger partial charge in [-0.05, 0) is 39.3 Å². The van der Waals surface area contributed by atoms with Crippen molar-refractivity contribution in [3.8, 4) is 0 Å². The molecule has 0 radical (unpaired) electrons. The minimum Gasteiger partial charge on any atom is -0.480 e. The van der Waals surface area contributed by atoms with Crippen LogP contribution in [-0.4, -0.2) is 65.8 Å². The van der Waals surface area contributed by atoms with Crippen LogP contribution in [0.4, 0.5) is 10.5 Å². The van der Waals surface area contributed by atoms with E-state index in [2.05, 4.69) is 5.32 Å². The maximum absolute atomic E-state index is 12.6. The lowest BCUT2D eigenvalue weighted by molar-refractivity contribution is -0.135. The van der Waals surface area contributed by atoms with Gasteiger partial charge >= 0.3 is 12.1 Å². The van der Waals surface area contributed by atoms with Crippen molar-refractivity contribution in [3.63, 3.8) is 0 Å². The number of anilines is 1. The van der Waals surface area contributed by atoms with Gasteiger partial charge < -0.3 is 25.0 Å². The highest BCUT2D eigenvalue weighted by atomic mass is 16.6. The lowest BCUT2D eigenvalue weighted by Gasteiger charge is -2.25. The van der Waals surface area contributed by atoms with Crippen LogP contribution in [0.2, 0.25) is 0 Å². The number of carboxylic acids is 1. The highest BCUT2D eigenvalue weighted by Crippen LogP contribution is 2.16. The minimum atomic E-state index is -1.00. The van der Waals surface area contributed by atoms with Crippen LogP contribution < -0.4 is 10.2 Å². The van der Waals surface area contributed by atoms with Crippen molar-refractivity contribution in [1.82, 2.24) is 10.2 Å². The zero-order valence-electron chi connectivity index (χ0n) is 16.0. The number of alkyl carbamates (subject to hydrolysis) is 1. The average Bonchev–Trinajstić information content (AvgIpc) is 3.01. The van der Waals surface area contributed by atoms with Gasteiger partial charge in [0.25, 0.3) is 0 Å². The van der Waals surface area contributed by atoms with E-state index in [-0.39, 0.29) is 25.0 Å². The average molecular weight is 377 g/mol. The van der Waals surface area contributed by atoms with E-state index < -0.39 is 17.7 Å². The molecule has 27 heavy (non-hydrogen) atoms. The monoisotopic (exact) mass is 377 g/mol. The van der Waals surface area contributed by atoms with E-state index in [1.807, 2.05) is 6.07 Å². The molecular formula is C19H27N3O5. The van der Waals surface area contributed by atoms with E-state index in [1.54, 1.807) is 49.9 Å². The molecule has 2 amide bonds. The zero-order chi connectivity index (χ0) is 20.0. The van der Waals surface area contributed by atoms with Gasteiger partial charge in [0.05, 0.1) is 12.6 Å². The second-order valence-corrected chi connectivity index (χ2v) is 7.56. The van der Waals surface area contributed by atoms with Crippen molar-refractivity contribution in [2.24, 2.45) is 0 Å². The number of carbonyl (C=O) groups excluding carboxylic acids is 2. The fourth-order valence-electron chi connectivity index (χ4n) is 2.88. The Kier molecular flexibility index (Phi) is 6.65. The van der Waals surface area contributed by atoms with Crippen LogP contribution in [-0.2, 0) is 14.3 Å². The van der Waals surface area contributed by atoms with Crippen LogP contribution in [0.1, 0.15) is 27.2 Å². The number of aliphatic carboxylic acids is 1. The fraction of sp³-hybridized carbons (Fsp3) is 0.526. The van der Waals surface area contributed by atoms with Crippen molar-refractivity contribution in [3.05, 3.63) is 30.3 Å². The molecule has 1 atom stereocenters. The number of benzene rings is 1. The molecule has 2 rings (SSSR count). The summed E-state index contributed by atoms with van der Waals surface area (Å²) in [6, 6.07) is 8.79. The Hall–Kier alpha value is -2.77. The van der Waals surface area contributed by atoms with Gasteiger partial charge in [0, 0.05) is 18.8 Å². The maximum Gasteiger partial charge on any atom is 0.407 e. The molecule has 0 bridgehead atoms.